The van der Waals surface area contributed by atoms with Crippen molar-refractivity contribution in [3.05, 3.63) is 22.4 Å². The molecule has 0 saturated carbocycles. The number of halogens is 1. The van der Waals surface area contributed by atoms with Crippen LogP contribution in [0, 0.1) is 5.92 Å². The van der Waals surface area contributed by atoms with E-state index in [9.17, 15) is 9.59 Å². The molecule has 1 aliphatic rings. The summed E-state index contributed by atoms with van der Waals surface area (Å²) in [5.74, 6) is -0.0162. The zero-order valence-electron chi connectivity index (χ0n) is 9.24. The molecule has 2 heterocycles. The van der Waals surface area contributed by atoms with Gasteiger partial charge in [-0.25, -0.2) is 0 Å². The van der Waals surface area contributed by atoms with Crippen LogP contribution in [0.2, 0.25) is 0 Å². The normalized spacial score (nSPS) is 20.6. The average molecular weight is 285 g/mol. The van der Waals surface area contributed by atoms with Crippen LogP contribution >= 0.6 is 15.9 Å². The van der Waals surface area contributed by atoms with Gasteiger partial charge >= 0.3 is 0 Å². The first kappa shape index (κ1) is 11.4. The first-order valence-corrected chi connectivity index (χ1v) is 5.95. The SMILES string of the molecule is CC1CC(=O)N(C(=O)c2cc(Br)cn2C)C1. The summed E-state index contributed by atoms with van der Waals surface area (Å²) in [5, 5.41) is 0. The predicted molar refractivity (Wildman–Crippen MR) is 62.9 cm³/mol. The van der Waals surface area contributed by atoms with Gasteiger partial charge in [-0.3, -0.25) is 14.5 Å². The summed E-state index contributed by atoms with van der Waals surface area (Å²) in [4.78, 5) is 25.0. The van der Waals surface area contributed by atoms with Crippen LogP contribution in [0.15, 0.2) is 16.7 Å². The standard InChI is InChI=1S/C11H13BrN2O2/c1-7-3-10(15)14(5-7)11(16)9-4-8(12)6-13(9)2/h4,6-7H,3,5H2,1-2H3. The summed E-state index contributed by atoms with van der Waals surface area (Å²) in [7, 11) is 1.79. The smallest absolute Gasteiger partial charge is 0.277 e. The highest BCUT2D eigenvalue weighted by Gasteiger charge is 2.32. The topological polar surface area (TPSA) is 42.3 Å². The molecule has 1 aliphatic heterocycles. The fourth-order valence-electron chi connectivity index (χ4n) is 1.96. The van der Waals surface area contributed by atoms with E-state index in [2.05, 4.69) is 15.9 Å². The Morgan fingerprint density at radius 2 is 2.25 bits per heavy atom. The van der Waals surface area contributed by atoms with Gasteiger partial charge < -0.3 is 4.57 Å². The van der Waals surface area contributed by atoms with Crippen LogP contribution < -0.4 is 0 Å². The van der Waals surface area contributed by atoms with Gasteiger partial charge in [-0.05, 0) is 27.9 Å². The summed E-state index contributed by atoms with van der Waals surface area (Å²) in [6.07, 6.45) is 2.27. The molecule has 0 aromatic carbocycles. The second kappa shape index (κ2) is 4.05. The Labute approximate surface area is 102 Å². The van der Waals surface area contributed by atoms with Crippen LogP contribution in [0.4, 0.5) is 0 Å². The van der Waals surface area contributed by atoms with Gasteiger partial charge in [0, 0.05) is 30.7 Å². The number of carbonyl (C=O) groups is 2. The van der Waals surface area contributed by atoms with Crippen LogP contribution in [-0.2, 0) is 11.8 Å². The Balaban J connectivity index is 2.26. The molecule has 1 aromatic rings. The van der Waals surface area contributed by atoms with E-state index in [0.29, 0.717) is 18.7 Å². The van der Waals surface area contributed by atoms with Crippen molar-refractivity contribution in [2.45, 2.75) is 13.3 Å². The van der Waals surface area contributed by atoms with E-state index < -0.39 is 0 Å². The Morgan fingerprint density at radius 3 is 2.69 bits per heavy atom. The van der Waals surface area contributed by atoms with Crippen molar-refractivity contribution in [3.63, 3.8) is 0 Å². The number of imide groups is 1. The largest absolute Gasteiger partial charge is 0.345 e. The molecule has 16 heavy (non-hydrogen) atoms. The van der Waals surface area contributed by atoms with Crippen molar-refractivity contribution in [2.24, 2.45) is 13.0 Å². The Bertz CT molecular complexity index is 453. The van der Waals surface area contributed by atoms with E-state index in [0.717, 1.165) is 4.47 Å². The third-order valence-electron chi connectivity index (χ3n) is 2.75. The summed E-state index contributed by atoms with van der Waals surface area (Å²) < 4.78 is 2.57. The van der Waals surface area contributed by atoms with Crippen molar-refractivity contribution >= 4 is 27.7 Å². The number of hydrogen-bond acceptors (Lipinski definition) is 2. The maximum absolute atomic E-state index is 12.1. The quantitative estimate of drug-likeness (QED) is 0.738. The number of rotatable bonds is 1. The Kier molecular flexibility index (Phi) is 2.88. The summed E-state index contributed by atoms with van der Waals surface area (Å²) >= 11 is 3.31. The molecular formula is C11H13BrN2O2. The highest BCUT2D eigenvalue weighted by molar-refractivity contribution is 9.10. The van der Waals surface area contributed by atoms with Gasteiger partial charge in [0.25, 0.3) is 5.91 Å². The fourth-order valence-corrected chi connectivity index (χ4v) is 2.48. The van der Waals surface area contributed by atoms with E-state index in [4.69, 9.17) is 0 Å². The van der Waals surface area contributed by atoms with Crippen LogP contribution in [0.1, 0.15) is 23.8 Å². The highest BCUT2D eigenvalue weighted by atomic mass is 79.9. The minimum Gasteiger partial charge on any atom is -0.345 e. The number of aromatic nitrogens is 1. The maximum atomic E-state index is 12.1. The molecule has 1 aromatic heterocycles. The zero-order chi connectivity index (χ0) is 11.9. The molecule has 4 nitrogen and oxygen atoms in total. The second-order valence-corrected chi connectivity index (χ2v) is 5.19. The van der Waals surface area contributed by atoms with E-state index >= 15 is 0 Å². The van der Waals surface area contributed by atoms with E-state index in [-0.39, 0.29) is 17.7 Å². The minimum atomic E-state index is -0.206. The van der Waals surface area contributed by atoms with Gasteiger partial charge in [0.2, 0.25) is 5.91 Å². The lowest BCUT2D eigenvalue weighted by Crippen LogP contribution is -2.33. The molecule has 1 fully saturated rings. The molecule has 0 radical (unpaired) electrons. The predicted octanol–water partition coefficient (Wildman–Crippen LogP) is 1.80. The molecule has 0 bridgehead atoms. The molecular weight excluding hydrogens is 272 g/mol. The van der Waals surface area contributed by atoms with Gasteiger partial charge in [0.05, 0.1) is 0 Å². The molecule has 0 aliphatic carbocycles. The van der Waals surface area contributed by atoms with Gasteiger partial charge in [-0.2, -0.15) is 0 Å². The van der Waals surface area contributed by atoms with E-state index in [1.807, 2.05) is 6.92 Å². The summed E-state index contributed by atoms with van der Waals surface area (Å²) in [5.41, 5.74) is 0.536. The van der Waals surface area contributed by atoms with Crippen LogP contribution in [0.25, 0.3) is 0 Å². The maximum Gasteiger partial charge on any atom is 0.277 e. The zero-order valence-corrected chi connectivity index (χ0v) is 10.8. The summed E-state index contributed by atoms with van der Waals surface area (Å²) in [6.45, 7) is 2.51. The molecule has 2 amide bonds. The molecule has 1 saturated heterocycles. The lowest BCUT2D eigenvalue weighted by atomic mass is 10.2. The van der Waals surface area contributed by atoms with Crippen molar-refractivity contribution in [2.75, 3.05) is 6.54 Å². The van der Waals surface area contributed by atoms with Crippen molar-refractivity contribution in [1.82, 2.24) is 9.47 Å². The van der Waals surface area contributed by atoms with E-state index in [1.165, 1.54) is 4.90 Å². The van der Waals surface area contributed by atoms with Crippen LogP contribution in [0.5, 0.6) is 0 Å². The number of amides is 2. The number of carbonyl (C=O) groups excluding carboxylic acids is 2. The second-order valence-electron chi connectivity index (χ2n) is 4.27. The lowest BCUT2D eigenvalue weighted by Gasteiger charge is -2.14. The van der Waals surface area contributed by atoms with Crippen molar-refractivity contribution in [3.8, 4) is 0 Å². The Morgan fingerprint density at radius 1 is 1.56 bits per heavy atom. The van der Waals surface area contributed by atoms with E-state index in [1.54, 1.807) is 23.9 Å². The number of nitrogens with zero attached hydrogens (tertiary/aromatic N) is 2. The monoisotopic (exact) mass is 284 g/mol. The van der Waals surface area contributed by atoms with Crippen molar-refractivity contribution < 1.29 is 9.59 Å². The summed E-state index contributed by atoms with van der Waals surface area (Å²) in [6, 6.07) is 1.73. The molecule has 2 rings (SSSR count). The number of hydrogen-bond donors (Lipinski definition) is 0. The first-order chi connectivity index (χ1) is 7.49. The van der Waals surface area contributed by atoms with Crippen LogP contribution in [-0.4, -0.2) is 27.8 Å². The molecule has 1 unspecified atom stereocenters. The number of aryl methyl sites for hydroxylation is 1. The minimum absolute atomic E-state index is 0.0742. The number of likely N-dealkylation sites (tertiary alicyclic amines) is 1. The fraction of sp³-hybridized carbons (Fsp3) is 0.455. The molecule has 1 atom stereocenters. The van der Waals surface area contributed by atoms with Gasteiger partial charge in [-0.15, -0.1) is 0 Å². The van der Waals surface area contributed by atoms with Gasteiger partial charge in [0.15, 0.2) is 0 Å². The average Bonchev–Trinajstić information content (AvgIpc) is 2.68. The third-order valence-corrected chi connectivity index (χ3v) is 3.19. The third kappa shape index (κ3) is 1.91. The molecule has 5 heteroatoms. The highest BCUT2D eigenvalue weighted by Crippen LogP contribution is 2.21. The lowest BCUT2D eigenvalue weighted by molar-refractivity contribution is -0.125. The molecule has 86 valence electrons. The molecule has 0 N–H and O–H groups in total. The molecule has 0 spiro atoms. The van der Waals surface area contributed by atoms with Crippen molar-refractivity contribution in [1.29, 1.82) is 0 Å². The van der Waals surface area contributed by atoms with Gasteiger partial charge in [-0.1, -0.05) is 6.92 Å². The Hall–Kier alpha value is -1.10. The van der Waals surface area contributed by atoms with Gasteiger partial charge in [0.1, 0.15) is 5.69 Å². The first-order valence-electron chi connectivity index (χ1n) is 5.15. The van der Waals surface area contributed by atoms with Crippen LogP contribution in [0.3, 0.4) is 0 Å².